The van der Waals surface area contributed by atoms with E-state index in [0.29, 0.717) is 21.4 Å². The molecule has 0 saturated carbocycles. The molecule has 1 aromatic heterocycles. The molecule has 0 fully saturated rings. The molecule has 2 nitrogen and oxygen atoms in total. The lowest BCUT2D eigenvalue weighted by Gasteiger charge is -2.04. The molecule has 0 N–H and O–H groups in total. The lowest BCUT2D eigenvalue weighted by atomic mass is 10.2. The van der Waals surface area contributed by atoms with Gasteiger partial charge in [-0.1, -0.05) is 29.3 Å². The third-order valence-electron chi connectivity index (χ3n) is 1.81. The summed E-state index contributed by atoms with van der Waals surface area (Å²) in [4.78, 5) is 8.42. The van der Waals surface area contributed by atoms with Gasteiger partial charge in [-0.15, -0.1) is 0 Å². The first-order valence-electron chi connectivity index (χ1n) is 4.11. The predicted molar refractivity (Wildman–Crippen MR) is 70.2 cm³/mol. The number of hydrogen-bond acceptors (Lipinski definition) is 2. The molecule has 1 aromatic carbocycles. The fourth-order valence-electron chi connectivity index (χ4n) is 1.17. The number of aromatic nitrogens is 2. The Morgan fingerprint density at radius 2 is 1.73 bits per heavy atom. The van der Waals surface area contributed by atoms with Gasteiger partial charge in [-0.05, 0) is 40.8 Å². The molecular weight excluding hydrogens is 346 g/mol. The van der Waals surface area contributed by atoms with Crippen molar-refractivity contribution in [3.63, 3.8) is 0 Å². The molecule has 0 unspecified atom stereocenters. The molecule has 2 aromatic rings. The zero-order valence-corrected chi connectivity index (χ0v) is 11.1. The Hall–Kier alpha value is -0.390. The molecule has 1 heterocycles. The topological polar surface area (TPSA) is 25.8 Å². The summed E-state index contributed by atoms with van der Waals surface area (Å²) in [6.45, 7) is 0. The van der Waals surface area contributed by atoms with E-state index in [1.165, 1.54) is 0 Å². The minimum atomic E-state index is 0.553. The van der Waals surface area contributed by atoms with Crippen molar-refractivity contribution in [1.82, 2.24) is 9.97 Å². The zero-order valence-electron chi connectivity index (χ0n) is 7.42. The number of halogens is 3. The van der Waals surface area contributed by atoms with Crippen LogP contribution in [0.1, 0.15) is 0 Å². The van der Waals surface area contributed by atoms with Crippen molar-refractivity contribution in [3.8, 4) is 11.4 Å². The van der Waals surface area contributed by atoms with Crippen molar-refractivity contribution >= 4 is 45.8 Å². The molecule has 0 aliphatic heterocycles. The monoisotopic (exact) mass is 350 g/mol. The maximum atomic E-state index is 6.05. The minimum Gasteiger partial charge on any atom is -0.236 e. The van der Waals surface area contributed by atoms with Gasteiger partial charge in [-0.2, -0.15) is 0 Å². The summed E-state index contributed by atoms with van der Waals surface area (Å²) >= 11 is 14.2. The van der Waals surface area contributed by atoms with Crippen LogP contribution in [-0.2, 0) is 0 Å². The number of hydrogen-bond donors (Lipinski definition) is 0. The van der Waals surface area contributed by atoms with Gasteiger partial charge in [-0.3, -0.25) is 0 Å². The van der Waals surface area contributed by atoms with E-state index in [2.05, 4.69) is 32.6 Å². The van der Waals surface area contributed by atoms with Crippen molar-refractivity contribution in [2.24, 2.45) is 0 Å². The Morgan fingerprint density at radius 1 is 1.07 bits per heavy atom. The second-order valence-corrected chi connectivity index (χ2v) is 4.72. The molecule has 15 heavy (non-hydrogen) atoms. The van der Waals surface area contributed by atoms with Gasteiger partial charge in [0.2, 0.25) is 0 Å². The van der Waals surface area contributed by atoms with Crippen LogP contribution in [0.3, 0.4) is 0 Å². The second kappa shape index (κ2) is 4.63. The third kappa shape index (κ3) is 2.41. The van der Waals surface area contributed by atoms with Crippen LogP contribution in [0, 0.1) is 3.70 Å². The molecule has 0 saturated heterocycles. The van der Waals surface area contributed by atoms with E-state index >= 15 is 0 Å². The van der Waals surface area contributed by atoms with Crippen LogP contribution >= 0.6 is 45.8 Å². The fraction of sp³-hybridized carbons (Fsp3) is 0. The molecule has 0 bridgehead atoms. The lowest BCUT2D eigenvalue weighted by molar-refractivity contribution is 1.15. The van der Waals surface area contributed by atoms with Gasteiger partial charge < -0.3 is 0 Å². The molecular formula is C10H5Cl2IN2. The molecule has 76 valence electrons. The normalized spacial score (nSPS) is 10.3. The molecule has 0 aliphatic rings. The highest BCUT2D eigenvalue weighted by Gasteiger charge is 2.10. The second-order valence-electron chi connectivity index (χ2n) is 2.80. The maximum absolute atomic E-state index is 6.05. The van der Waals surface area contributed by atoms with E-state index in [-0.39, 0.29) is 0 Å². The van der Waals surface area contributed by atoms with Crippen LogP contribution < -0.4 is 0 Å². The van der Waals surface area contributed by atoms with Crippen LogP contribution in [0.2, 0.25) is 10.0 Å². The Kier molecular flexibility index (Phi) is 3.43. The molecule has 0 aliphatic carbocycles. The Balaban J connectivity index is 2.63. The summed E-state index contributed by atoms with van der Waals surface area (Å²) in [7, 11) is 0. The summed E-state index contributed by atoms with van der Waals surface area (Å²) in [6.07, 6.45) is 1.68. The summed E-state index contributed by atoms with van der Waals surface area (Å²) in [6, 6.07) is 7.15. The van der Waals surface area contributed by atoms with Gasteiger partial charge in [0.1, 0.15) is 3.70 Å². The lowest BCUT2D eigenvalue weighted by Crippen LogP contribution is -1.91. The molecule has 5 heteroatoms. The van der Waals surface area contributed by atoms with E-state index < -0.39 is 0 Å². The van der Waals surface area contributed by atoms with Crippen molar-refractivity contribution in [3.05, 3.63) is 44.2 Å². The predicted octanol–water partition coefficient (Wildman–Crippen LogP) is 4.06. The van der Waals surface area contributed by atoms with E-state index in [9.17, 15) is 0 Å². The number of nitrogens with zero attached hydrogens (tertiary/aromatic N) is 2. The minimum absolute atomic E-state index is 0.553. The molecule has 0 radical (unpaired) electrons. The first-order valence-corrected chi connectivity index (χ1v) is 5.95. The van der Waals surface area contributed by atoms with Crippen molar-refractivity contribution in [2.75, 3.05) is 0 Å². The Bertz CT molecular complexity index is 482. The van der Waals surface area contributed by atoms with Gasteiger partial charge in [0, 0.05) is 6.20 Å². The van der Waals surface area contributed by atoms with Crippen LogP contribution in [0.4, 0.5) is 0 Å². The number of benzene rings is 1. The highest BCUT2D eigenvalue weighted by Crippen LogP contribution is 2.32. The van der Waals surface area contributed by atoms with Crippen LogP contribution in [0.15, 0.2) is 30.5 Å². The first kappa shape index (κ1) is 11.1. The van der Waals surface area contributed by atoms with Gasteiger partial charge in [0.05, 0.1) is 15.6 Å². The standard InChI is InChI=1S/C10H5Cl2IN2/c11-6-2-1-3-7(12)9(6)10-14-5-4-8(13)15-10/h1-5H. The smallest absolute Gasteiger partial charge is 0.163 e. The SMILES string of the molecule is Clc1cccc(Cl)c1-c1nccc(I)n1. The molecule has 0 atom stereocenters. The fourth-order valence-corrected chi connectivity index (χ4v) is 2.12. The van der Waals surface area contributed by atoms with Crippen LogP contribution in [0.25, 0.3) is 11.4 Å². The summed E-state index contributed by atoms with van der Waals surface area (Å²) < 4.78 is 0.855. The third-order valence-corrected chi connectivity index (χ3v) is 3.04. The highest BCUT2D eigenvalue weighted by molar-refractivity contribution is 14.1. The zero-order chi connectivity index (χ0) is 10.8. The van der Waals surface area contributed by atoms with E-state index in [1.54, 1.807) is 24.4 Å². The molecule has 2 rings (SSSR count). The quantitative estimate of drug-likeness (QED) is 0.572. The maximum Gasteiger partial charge on any atom is 0.163 e. The summed E-state index contributed by atoms with van der Waals surface area (Å²) in [5.74, 6) is 0.553. The first-order chi connectivity index (χ1) is 7.18. The van der Waals surface area contributed by atoms with Crippen LogP contribution in [0.5, 0.6) is 0 Å². The molecule has 0 amide bonds. The molecule has 0 spiro atoms. The van der Waals surface area contributed by atoms with Gasteiger partial charge in [-0.25, -0.2) is 9.97 Å². The summed E-state index contributed by atoms with van der Waals surface area (Å²) in [5.41, 5.74) is 0.680. The Morgan fingerprint density at radius 3 is 2.33 bits per heavy atom. The van der Waals surface area contributed by atoms with Crippen molar-refractivity contribution < 1.29 is 0 Å². The van der Waals surface area contributed by atoms with Crippen molar-refractivity contribution in [2.45, 2.75) is 0 Å². The van der Waals surface area contributed by atoms with E-state index in [1.807, 2.05) is 6.07 Å². The van der Waals surface area contributed by atoms with E-state index in [4.69, 9.17) is 23.2 Å². The van der Waals surface area contributed by atoms with Gasteiger partial charge in [0.25, 0.3) is 0 Å². The number of rotatable bonds is 1. The Labute approximate surface area is 111 Å². The van der Waals surface area contributed by atoms with E-state index in [0.717, 1.165) is 3.70 Å². The van der Waals surface area contributed by atoms with Crippen LogP contribution in [-0.4, -0.2) is 9.97 Å². The average molecular weight is 351 g/mol. The van der Waals surface area contributed by atoms with Crippen molar-refractivity contribution in [1.29, 1.82) is 0 Å². The largest absolute Gasteiger partial charge is 0.236 e. The highest BCUT2D eigenvalue weighted by atomic mass is 127. The summed E-state index contributed by atoms with van der Waals surface area (Å²) in [5, 5.41) is 1.12. The van der Waals surface area contributed by atoms with Gasteiger partial charge >= 0.3 is 0 Å². The average Bonchev–Trinajstić information content (AvgIpc) is 2.17. The van der Waals surface area contributed by atoms with Gasteiger partial charge in [0.15, 0.2) is 5.82 Å².